The van der Waals surface area contributed by atoms with Crippen LogP contribution in [0.15, 0.2) is 0 Å². The van der Waals surface area contributed by atoms with Crippen LogP contribution in [0.25, 0.3) is 0 Å². The first-order valence-electron chi connectivity index (χ1n) is 1.97. The van der Waals surface area contributed by atoms with Crippen molar-refractivity contribution in [3.8, 4) is 0 Å². The van der Waals surface area contributed by atoms with Gasteiger partial charge in [-0.2, -0.15) is 4.39 Å². The monoisotopic (exact) mass is 107 g/mol. The van der Waals surface area contributed by atoms with Crippen LogP contribution in [-0.4, -0.2) is 13.2 Å². The molecular weight excluding hydrogens is 99.0 g/mol. The second-order valence-electron chi connectivity index (χ2n) is 0.896. The van der Waals surface area contributed by atoms with Crippen molar-refractivity contribution in [3.63, 3.8) is 0 Å². The number of alkyl halides is 1. The van der Waals surface area contributed by atoms with E-state index < -0.39 is 6.54 Å². The molecule has 0 fully saturated rings. The molecule has 1 atom stereocenters. The molecule has 43 valence electrons. The maximum absolute atomic E-state index is 11.6. The van der Waals surface area contributed by atoms with E-state index in [1.807, 2.05) is 0 Å². The van der Waals surface area contributed by atoms with Crippen molar-refractivity contribution in [2.75, 3.05) is 6.61 Å². The predicted molar refractivity (Wildman–Crippen MR) is 23.0 cm³/mol. The van der Waals surface area contributed by atoms with E-state index in [9.17, 15) is 4.39 Å². The Kier molecular flexibility index (Phi) is 3.93. The van der Waals surface area contributed by atoms with Gasteiger partial charge in [-0.1, -0.05) is 0 Å². The van der Waals surface area contributed by atoms with Gasteiger partial charge in [0.25, 0.3) is 0 Å². The number of rotatable bonds is 3. The second-order valence-corrected chi connectivity index (χ2v) is 0.896. The Morgan fingerprint density at radius 2 is 2.43 bits per heavy atom. The summed E-state index contributed by atoms with van der Waals surface area (Å²) in [6, 6.07) is 0. The van der Waals surface area contributed by atoms with Crippen molar-refractivity contribution < 1.29 is 13.9 Å². The maximum atomic E-state index is 11.6. The summed E-state index contributed by atoms with van der Waals surface area (Å²) >= 11 is 0. The van der Waals surface area contributed by atoms with Gasteiger partial charge in [0.2, 0.25) is 0 Å². The first-order valence-corrected chi connectivity index (χ1v) is 1.97. The number of hydrogen-bond acceptors (Lipinski definition) is 2. The van der Waals surface area contributed by atoms with Crippen LogP contribution in [0.1, 0.15) is 6.92 Å². The highest BCUT2D eigenvalue weighted by Crippen LogP contribution is 1.92. The van der Waals surface area contributed by atoms with Crippen LogP contribution in [0.3, 0.4) is 0 Å². The lowest BCUT2D eigenvalue weighted by Gasteiger charge is -2.01. The van der Waals surface area contributed by atoms with Gasteiger partial charge >= 0.3 is 6.54 Å². The van der Waals surface area contributed by atoms with E-state index in [4.69, 9.17) is 0 Å². The van der Waals surface area contributed by atoms with Crippen LogP contribution in [0.2, 0.25) is 0 Å². The normalized spacial score (nSPS) is 14.1. The van der Waals surface area contributed by atoms with Gasteiger partial charge in [-0.05, 0) is 6.92 Å². The molecule has 1 radical (unpaired) electrons. The predicted octanol–water partition coefficient (Wildman–Crippen LogP) is 1.08. The third-order valence-electron chi connectivity index (χ3n) is 0.429. The molecule has 0 bridgehead atoms. The smallest absolute Gasteiger partial charge is 0.309 e. The second kappa shape index (κ2) is 4.02. The summed E-state index contributed by atoms with van der Waals surface area (Å²) in [6.07, 6.45) is 0. The van der Waals surface area contributed by atoms with E-state index in [0.29, 0.717) is 6.61 Å². The highest BCUT2D eigenvalue weighted by Gasteiger charge is 1.97. The van der Waals surface area contributed by atoms with Crippen LogP contribution in [0, 0.1) is 7.11 Å². The lowest BCUT2D eigenvalue weighted by atomic mass is 10.9. The molecule has 2 nitrogen and oxygen atoms in total. The van der Waals surface area contributed by atoms with Crippen LogP contribution in [-0.2, 0) is 9.47 Å². The van der Waals surface area contributed by atoms with Crippen LogP contribution in [0.4, 0.5) is 4.39 Å². The first-order chi connectivity index (χ1) is 3.31. The Bertz CT molecular complexity index is 40.7. The summed E-state index contributed by atoms with van der Waals surface area (Å²) in [5.74, 6) is 0. The molecule has 0 saturated heterocycles. The maximum Gasteiger partial charge on any atom is 0.309 e. The molecule has 0 amide bonds. The van der Waals surface area contributed by atoms with E-state index in [1.54, 1.807) is 6.92 Å². The largest absolute Gasteiger partial charge is 0.327 e. The minimum Gasteiger partial charge on any atom is -0.327 e. The minimum atomic E-state index is -1.66. The number of ether oxygens (including phenoxy) is 2. The average Bonchev–Trinajstić information content (AvgIpc) is 1.68. The Balaban J connectivity index is 2.83. The molecule has 7 heavy (non-hydrogen) atoms. The van der Waals surface area contributed by atoms with Crippen LogP contribution in [0.5, 0.6) is 0 Å². The molecule has 0 N–H and O–H groups in total. The van der Waals surface area contributed by atoms with Crippen molar-refractivity contribution in [2.45, 2.75) is 13.5 Å². The van der Waals surface area contributed by atoms with Crippen LogP contribution < -0.4 is 0 Å². The Morgan fingerprint density at radius 1 is 1.86 bits per heavy atom. The molecule has 0 rings (SSSR count). The standard InChI is InChI=1S/C4H8FO2/c1-3-7-4(5)6-2/h4H,2-3H2,1H3. The van der Waals surface area contributed by atoms with Crippen molar-refractivity contribution in [1.82, 2.24) is 0 Å². The lowest BCUT2D eigenvalue weighted by molar-refractivity contribution is -0.187. The van der Waals surface area contributed by atoms with Gasteiger partial charge in [-0.3, -0.25) is 0 Å². The first kappa shape index (κ1) is 6.85. The Morgan fingerprint density at radius 3 is 2.57 bits per heavy atom. The number of halogens is 1. The summed E-state index contributed by atoms with van der Waals surface area (Å²) in [5.41, 5.74) is 0. The van der Waals surface area contributed by atoms with E-state index in [0.717, 1.165) is 0 Å². The van der Waals surface area contributed by atoms with Crippen molar-refractivity contribution in [3.05, 3.63) is 7.11 Å². The van der Waals surface area contributed by atoms with Gasteiger partial charge in [-0.15, -0.1) is 0 Å². The minimum absolute atomic E-state index is 0.302. The van der Waals surface area contributed by atoms with Gasteiger partial charge in [-0.25, -0.2) is 0 Å². The molecule has 0 aromatic rings. The highest BCUT2D eigenvalue weighted by atomic mass is 19.2. The Labute approximate surface area is 42.2 Å². The Hall–Kier alpha value is -0.150. The van der Waals surface area contributed by atoms with Gasteiger partial charge in [0.15, 0.2) is 0 Å². The topological polar surface area (TPSA) is 18.5 Å². The molecule has 0 aromatic carbocycles. The fraction of sp³-hybridized carbons (Fsp3) is 0.750. The van der Waals surface area contributed by atoms with Gasteiger partial charge in [0, 0.05) is 6.61 Å². The molecule has 0 aliphatic heterocycles. The van der Waals surface area contributed by atoms with Crippen molar-refractivity contribution >= 4 is 0 Å². The zero-order valence-corrected chi connectivity index (χ0v) is 4.19. The van der Waals surface area contributed by atoms with Gasteiger partial charge in [0.1, 0.15) is 0 Å². The third-order valence-corrected chi connectivity index (χ3v) is 0.429. The molecule has 1 unspecified atom stereocenters. The molecule has 3 heteroatoms. The van der Waals surface area contributed by atoms with Crippen molar-refractivity contribution in [1.29, 1.82) is 0 Å². The molecule has 0 saturated carbocycles. The summed E-state index contributed by atoms with van der Waals surface area (Å²) in [5, 5.41) is 0. The summed E-state index contributed by atoms with van der Waals surface area (Å²) in [6.45, 7) is 0.312. The molecule has 0 heterocycles. The summed E-state index contributed by atoms with van der Waals surface area (Å²) in [7, 11) is 2.80. The summed E-state index contributed by atoms with van der Waals surface area (Å²) < 4.78 is 19.7. The van der Waals surface area contributed by atoms with E-state index >= 15 is 0 Å². The number of hydrogen-bond donors (Lipinski definition) is 0. The van der Waals surface area contributed by atoms with E-state index in [-0.39, 0.29) is 0 Å². The third kappa shape index (κ3) is 3.69. The van der Waals surface area contributed by atoms with Crippen molar-refractivity contribution in [2.24, 2.45) is 0 Å². The molecule has 0 aliphatic rings. The highest BCUT2D eigenvalue weighted by molar-refractivity contribution is 4.14. The molecule has 0 spiro atoms. The zero-order chi connectivity index (χ0) is 5.70. The fourth-order valence-corrected chi connectivity index (χ4v) is 0.179. The average molecular weight is 107 g/mol. The zero-order valence-electron chi connectivity index (χ0n) is 4.19. The van der Waals surface area contributed by atoms with Gasteiger partial charge in [0.05, 0.1) is 7.11 Å². The molecule has 0 aromatic heterocycles. The van der Waals surface area contributed by atoms with Crippen LogP contribution >= 0.6 is 0 Å². The fourth-order valence-electron chi connectivity index (χ4n) is 0.179. The van der Waals surface area contributed by atoms with E-state index in [2.05, 4.69) is 16.6 Å². The van der Waals surface area contributed by atoms with Gasteiger partial charge < -0.3 is 9.47 Å². The van der Waals surface area contributed by atoms with E-state index in [1.165, 1.54) is 0 Å². The molecule has 0 aliphatic carbocycles. The SMILES string of the molecule is [CH2]OC(F)OCC. The summed E-state index contributed by atoms with van der Waals surface area (Å²) in [4.78, 5) is 0. The quantitative estimate of drug-likeness (QED) is 0.502. The molecular formula is C4H8FO2. The lowest BCUT2D eigenvalue weighted by Crippen LogP contribution is -2.05.